The summed E-state index contributed by atoms with van der Waals surface area (Å²) in [5, 5.41) is 9.60. The third-order valence-electron chi connectivity index (χ3n) is 6.42. The van der Waals surface area contributed by atoms with Crippen LogP contribution in [0.2, 0.25) is 0 Å². The van der Waals surface area contributed by atoms with Crippen LogP contribution in [0.3, 0.4) is 0 Å². The molecule has 2 heterocycles. The van der Waals surface area contributed by atoms with Crippen LogP contribution >= 0.6 is 11.8 Å². The molecule has 2 aliphatic carbocycles. The number of piperidine rings is 1. The average molecular weight is 333 g/mol. The van der Waals surface area contributed by atoms with E-state index in [1.807, 2.05) is 11.8 Å². The van der Waals surface area contributed by atoms with Crippen LogP contribution < -0.4 is 0 Å². The van der Waals surface area contributed by atoms with Gasteiger partial charge in [0.25, 0.3) is 0 Å². The molecule has 0 bridgehead atoms. The van der Waals surface area contributed by atoms with Crippen molar-refractivity contribution in [3.05, 3.63) is 23.9 Å². The zero-order chi connectivity index (χ0) is 15.9. The van der Waals surface area contributed by atoms with Crippen molar-refractivity contribution in [2.75, 3.05) is 18.8 Å². The molecule has 1 saturated carbocycles. The Hall–Kier alpha value is -0.900. The van der Waals surface area contributed by atoms with Gasteiger partial charge in [0.2, 0.25) is 0 Å². The molecule has 0 aromatic heterocycles. The number of rotatable bonds is 3. The van der Waals surface area contributed by atoms with E-state index in [1.54, 1.807) is 0 Å². The van der Waals surface area contributed by atoms with Gasteiger partial charge in [-0.1, -0.05) is 31.4 Å². The molecule has 1 spiro atoms. The minimum Gasteiger partial charge on any atom is -0.481 e. The minimum atomic E-state index is -0.589. The van der Waals surface area contributed by atoms with E-state index in [2.05, 4.69) is 23.1 Å². The topological polar surface area (TPSA) is 40.5 Å². The second kappa shape index (κ2) is 6.19. The predicted octanol–water partition coefficient (Wildman–Crippen LogP) is 3.92. The first kappa shape index (κ1) is 15.6. The molecular formula is C19H27NO2S. The lowest BCUT2D eigenvalue weighted by Crippen LogP contribution is -2.51. The molecule has 4 heteroatoms. The Balaban J connectivity index is 1.57. The minimum absolute atomic E-state index is 0.0464. The third kappa shape index (κ3) is 2.63. The van der Waals surface area contributed by atoms with E-state index in [4.69, 9.17) is 0 Å². The predicted molar refractivity (Wildman–Crippen MR) is 94.4 cm³/mol. The third-order valence-corrected chi connectivity index (χ3v) is 8.14. The summed E-state index contributed by atoms with van der Waals surface area (Å²) in [6, 6.07) is 0. The molecule has 0 aromatic carbocycles. The van der Waals surface area contributed by atoms with E-state index in [-0.39, 0.29) is 10.7 Å². The Morgan fingerprint density at radius 1 is 1.30 bits per heavy atom. The second-order valence-electron chi connectivity index (χ2n) is 7.67. The molecule has 3 atom stereocenters. The van der Waals surface area contributed by atoms with E-state index in [0.29, 0.717) is 5.92 Å². The van der Waals surface area contributed by atoms with Crippen LogP contribution in [0.5, 0.6) is 0 Å². The summed E-state index contributed by atoms with van der Waals surface area (Å²) in [7, 11) is 0. The van der Waals surface area contributed by atoms with Gasteiger partial charge < -0.3 is 10.0 Å². The van der Waals surface area contributed by atoms with Crippen molar-refractivity contribution >= 4 is 17.7 Å². The van der Waals surface area contributed by atoms with E-state index in [9.17, 15) is 9.90 Å². The molecule has 3 nitrogen and oxygen atoms in total. The van der Waals surface area contributed by atoms with E-state index < -0.39 is 5.97 Å². The number of carboxylic acids is 1. The summed E-state index contributed by atoms with van der Waals surface area (Å²) in [5.41, 5.74) is 1.44. The quantitative estimate of drug-likeness (QED) is 0.850. The van der Waals surface area contributed by atoms with Gasteiger partial charge in [-0.05, 0) is 43.6 Å². The zero-order valence-electron chi connectivity index (χ0n) is 13.7. The van der Waals surface area contributed by atoms with Crippen LogP contribution in [0.15, 0.2) is 23.9 Å². The summed E-state index contributed by atoms with van der Waals surface area (Å²) >= 11 is 1.92. The van der Waals surface area contributed by atoms with Crippen molar-refractivity contribution in [2.45, 2.75) is 49.7 Å². The average Bonchev–Trinajstić information content (AvgIpc) is 2.94. The zero-order valence-corrected chi connectivity index (χ0v) is 14.6. The van der Waals surface area contributed by atoms with Crippen LogP contribution in [0.25, 0.3) is 0 Å². The molecule has 3 unspecified atom stereocenters. The SMILES string of the molecule is O=C(O)C1CSC23CC=CC=C2N(CC2CCCCC2)CCC13. The Morgan fingerprint density at radius 3 is 2.91 bits per heavy atom. The number of hydrogen-bond acceptors (Lipinski definition) is 3. The normalized spacial score (nSPS) is 37.2. The molecule has 3 fully saturated rings. The fraction of sp³-hybridized carbons (Fsp3) is 0.737. The van der Waals surface area contributed by atoms with Gasteiger partial charge in [-0.15, -0.1) is 11.8 Å². The van der Waals surface area contributed by atoms with Crippen LogP contribution in [0, 0.1) is 17.8 Å². The first-order valence-electron chi connectivity index (χ1n) is 9.20. The monoisotopic (exact) mass is 333 g/mol. The molecule has 0 aromatic rings. The summed E-state index contributed by atoms with van der Waals surface area (Å²) in [4.78, 5) is 14.3. The van der Waals surface area contributed by atoms with Gasteiger partial charge in [-0.2, -0.15) is 0 Å². The highest BCUT2D eigenvalue weighted by atomic mass is 32.2. The largest absolute Gasteiger partial charge is 0.481 e. The number of nitrogens with zero attached hydrogens (tertiary/aromatic N) is 1. The highest BCUT2D eigenvalue weighted by molar-refractivity contribution is 8.01. The number of likely N-dealkylation sites (tertiary alicyclic amines) is 1. The Labute approximate surface area is 143 Å². The second-order valence-corrected chi connectivity index (χ2v) is 9.03. The molecule has 23 heavy (non-hydrogen) atoms. The molecule has 2 aliphatic heterocycles. The van der Waals surface area contributed by atoms with Gasteiger partial charge >= 0.3 is 5.97 Å². The van der Waals surface area contributed by atoms with Crippen molar-refractivity contribution in [2.24, 2.45) is 17.8 Å². The summed E-state index contributed by atoms with van der Waals surface area (Å²) < 4.78 is 0.0464. The number of carboxylic acid groups (broad SMARTS) is 1. The Kier molecular flexibility index (Phi) is 4.21. The Bertz CT molecular complexity index is 537. The number of aliphatic carboxylic acids is 1. The molecule has 1 N–H and O–H groups in total. The van der Waals surface area contributed by atoms with Crippen molar-refractivity contribution in [1.29, 1.82) is 0 Å². The van der Waals surface area contributed by atoms with Crippen molar-refractivity contribution in [1.82, 2.24) is 4.90 Å². The van der Waals surface area contributed by atoms with Gasteiger partial charge in [-0.3, -0.25) is 4.79 Å². The number of carbonyl (C=O) groups is 1. The molecule has 0 radical (unpaired) electrons. The maximum atomic E-state index is 11.7. The highest BCUT2D eigenvalue weighted by Crippen LogP contribution is 2.58. The smallest absolute Gasteiger partial charge is 0.307 e. The first-order chi connectivity index (χ1) is 11.2. The highest BCUT2D eigenvalue weighted by Gasteiger charge is 2.56. The van der Waals surface area contributed by atoms with Gasteiger partial charge in [0.05, 0.1) is 10.7 Å². The number of thioether (sulfide) groups is 1. The van der Waals surface area contributed by atoms with Gasteiger partial charge in [0.15, 0.2) is 0 Å². The van der Waals surface area contributed by atoms with E-state index in [0.717, 1.165) is 31.1 Å². The van der Waals surface area contributed by atoms with Crippen molar-refractivity contribution in [3.8, 4) is 0 Å². The lowest BCUT2D eigenvalue weighted by molar-refractivity contribution is -0.143. The van der Waals surface area contributed by atoms with Gasteiger partial charge in [0.1, 0.15) is 0 Å². The number of hydrogen-bond donors (Lipinski definition) is 1. The summed E-state index contributed by atoms with van der Waals surface area (Å²) in [6.07, 6.45) is 15.7. The molecule has 4 aliphatic rings. The standard InChI is InChI=1S/C19H27NO2S/c21-18(22)15-13-23-19-10-5-4-8-17(19)20(11-9-16(15)19)12-14-6-2-1-3-7-14/h4-5,8,14-16H,1-3,6-7,9-13H2,(H,21,22). The molecule has 4 rings (SSSR count). The lowest BCUT2D eigenvalue weighted by Gasteiger charge is -2.50. The molecule has 2 saturated heterocycles. The summed E-state index contributed by atoms with van der Waals surface area (Å²) in [6.45, 7) is 2.24. The van der Waals surface area contributed by atoms with Crippen LogP contribution in [-0.2, 0) is 4.79 Å². The molecular weight excluding hydrogens is 306 g/mol. The fourth-order valence-electron chi connectivity index (χ4n) is 5.25. The van der Waals surface area contributed by atoms with E-state index in [1.165, 1.54) is 44.3 Å². The van der Waals surface area contributed by atoms with Gasteiger partial charge in [0, 0.05) is 24.5 Å². The van der Waals surface area contributed by atoms with Crippen molar-refractivity contribution in [3.63, 3.8) is 0 Å². The van der Waals surface area contributed by atoms with E-state index >= 15 is 0 Å². The van der Waals surface area contributed by atoms with Crippen LogP contribution in [0.4, 0.5) is 0 Å². The molecule has 126 valence electrons. The maximum Gasteiger partial charge on any atom is 0.307 e. The van der Waals surface area contributed by atoms with Crippen molar-refractivity contribution < 1.29 is 9.90 Å². The maximum absolute atomic E-state index is 11.7. The number of allylic oxidation sites excluding steroid dienone is 3. The lowest BCUT2D eigenvalue weighted by atomic mass is 9.72. The summed E-state index contributed by atoms with van der Waals surface area (Å²) in [5.74, 6) is 1.18. The first-order valence-corrected chi connectivity index (χ1v) is 10.2. The Morgan fingerprint density at radius 2 is 2.13 bits per heavy atom. The van der Waals surface area contributed by atoms with Gasteiger partial charge in [-0.25, -0.2) is 0 Å². The fourth-order valence-corrected chi connectivity index (χ4v) is 7.15. The van der Waals surface area contributed by atoms with Crippen LogP contribution in [0.1, 0.15) is 44.9 Å². The van der Waals surface area contributed by atoms with Crippen LogP contribution in [-0.4, -0.2) is 39.6 Å². The molecule has 0 amide bonds.